The van der Waals surface area contributed by atoms with E-state index in [9.17, 15) is 9.90 Å². The minimum Gasteiger partial charge on any atom is -0.504 e. The maximum atomic E-state index is 11.5. The number of para-hydroxylation sites is 1. The third-order valence-electron chi connectivity index (χ3n) is 2.48. The molecule has 1 unspecified atom stereocenters. The minimum absolute atomic E-state index is 0.0607. The van der Waals surface area contributed by atoms with Gasteiger partial charge in [0.15, 0.2) is 11.5 Å². The van der Waals surface area contributed by atoms with Crippen LogP contribution >= 0.6 is 0 Å². The molecule has 1 aromatic rings. The largest absolute Gasteiger partial charge is 0.504 e. The zero-order valence-corrected chi connectivity index (χ0v) is 12.6. The number of aliphatic hydroxyl groups is 5. The Morgan fingerprint density at radius 1 is 1.09 bits per heavy atom. The molecule has 23 heavy (non-hydrogen) atoms. The van der Waals surface area contributed by atoms with Crippen LogP contribution in [0.4, 0.5) is 0 Å². The number of ether oxygens (including phenoxy) is 2. The highest BCUT2D eigenvalue weighted by molar-refractivity contribution is 5.93. The lowest BCUT2D eigenvalue weighted by Gasteiger charge is -2.10. The fourth-order valence-electron chi connectivity index (χ4n) is 1.21. The molecule has 1 aromatic carbocycles. The molecule has 132 valence electrons. The lowest BCUT2D eigenvalue weighted by atomic mass is 10.2. The Balaban J connectivity index is 0.000000688. The van der Waals surface area contributed by atoms with Gasteiger partial charge in [-0.05, 0) is 12.1 Å². The molecule has 6 N–H and O–H groups in total. The van der Waals surface area contributed by atoms with Gasteiger partial charge in [0.2, 0.25) is 0 Å². The fraction of sp³-hybridized carbons (Fsp3) is 0.500. The molecule has 0 aliphatic rings. The molecule has 0 heterocycles. The molecular formula is C14H22O9. The first-order valence-corrected chi connectivity index (χ1v) is 6.62. The second-order valence-electron chi connectivity index (χ2n) is 4.31. The van der Waals surface area contributed by atoms with E-state index in [1.54, 1.807) is 0 Å². The SMILES string of the molecule is COc1cccc(C(=O)OCC(O)CO)c1O.OCC(O)CO. The number of hydrogen-bond acceptors (Lipinski definition) is 9. The van der Waals surface area contributed by atoms with Crippen molar-refractivity contribution >= 4 is 5.97 Å². The van der Waals surface area contributed by atoms with Crippen molar-refractivity contribution in [2.75, 3.05) is 33.5 Å². The second-order valence-corrected chi connectivity index (χ2v) is 4.31. The van der Waals surface area contributed by atoms with Gasteiger partial charge in [-0.25, -0.2) is 4.79 Å². The van der Waals surface area contributed by atoms with Gasteiger partial charge >= 0.3 is 5.97 Å². The molecule has 9 heteroatoms. The summed E-state index contributed by atoms with van der Waals surface area (Å²) < 4.78 is 9.53. The van der Waals surface area contributed by atoms with Crippen LogP contribution in [-0.2, 0) is 4.74 Å². The van der Waals surface area contributed by atoms with E-state index in [-0.39, 0.29) is 36.9 Å². The van der Waals surface area contributed by atoms with Gasteiger partial charge in [-0.1, -0.05) is 6.07 Å². The van der Waals surface area contributed by atoms with Gasteiger partial charge in [-0.2, -0.15) is 0 Å². The fourth-order valence-corrected chi connectivity index (χ4v) is 1.21. The van der Waals surface area contributed by atoms with Crippen molar-refractivity contribution in [3.63, 3.8) is 0 Å². The summed E-state index contributed by atoms with van der Waals surface area (Å²) in [6, 6.07) is 4.39. The molecule has 0 aromatic heterocycles. The van der Waals surface area contributed by atoms with Gasteiger partial charge in [-0.15, -0.1) is 0 Å². The molecule has 1 atom stereocenters. The number of esters is 1. The summed E-state index contributed by atoms with van der Waals surface area (Å²) in [7, 11) is 1.36. The van der Waals surface area contributed by atoms with Crippen molar-refractivity contribution in [2.45, 2.75) is 12.2 Å². The predicted molar refractivity (Wildman–Crippen MR) is 78.2 cm³/mol. The average molecular weight is 334 g/mol. The van der Waals surface area contributed by atoms with Crippen molar-refractivity contribution in [2.24, 2.45) is 0 Å². The zero-order valence-electron chi connectivity index (χ0n) is 12.6. The van der Waals surface area contributed by atoms with Crippen molar-refractivity contribution in [3.8, 4) is 11.5 Å². The third-order valence-corrected chi connectivity index (χ3v) is 2.48. The molecule has 9 nitrogen and oxygen atoms in total. The van der Waals surface area contributed by atoms with Gasteiger partial charge in [0, 0.05) is 0 Å². The Morgan fingerprint density at radius 2 is 1.65 bits per heavy atom. The molecule has 0 aliphatic heterocycles. The highest BCUT2D eigenvalue weighted by Crippen LogP contribution is 2.29. The summed E-state index contributed by atoms with van der Waals surface area (Å²) in [4.78, 5) is 11.5. The first-order chi connectivity index (χ1) is 10.9. The summed E-state index contributed by atoms with van der Waals surface area (Å²) in [6.45, 7) is -1.57. The third kappa shape index (κ3) is 7.77. The first kappa shape index (κ1) is 21.1. The predicted octanol–water partition coefficient (Wildman–Crippen LogP) is -1.76. The summed E-state index contributed by atoms with van der Waals surface area (Å²) in [6.07, 6.45) is -2.09. The van der Waals surface area contributed by atoms with Crippen LogP contribution in [0.2, 0.25) is 0 Å². The average Bonchev–Trinajstić information content (AvgIpc) is 2.59. The summed E-state index contributed by atoms with van der Waals surface area (Å²) in [5, 5.41) is 51.2. The number of phenols is 1. The van der Waals surface area contributed by atoms with Crippen LogP contribution in [0.1, 0.15) is 10.4 Å². The van der Waals surface area contributed by atoms with E-state index in [2.05, 4.69) is 0 Å². The van der Waals surface area contributed by atoms with Gasteiger partial charge < -0.3 is 40.1 Å². The number of methoxy groups -OCH3 is 1. The molecular weight excluding hydrogens is 312 g/mol. The first-order valence-electron chi connectivity index (χ1n) is 6.62. The van der Waals surface area contributed by atoms with Crippen LogP contribution in [0.3, 0.4) is 0 Å². The van der Waals surface area contributed by atoms with Gasteiger partial charge in [0.1, 0.15) is 24.4 Å². The Bertz CT molecular complexity index is 460. The Kier molecular flexibility index (Phi) is 10.7. The molecule has 0 spiro atoms. The highest BCUT2D eigenvalue weighted by atomic mass is 16.5. The molecule has 0 saturated carbocycles. The van der Waals surface area contributed by atoms with Crippen LogP contribution in [-0.4, -0.2) is 82.4 Å². The molecule has 0 amide bonds. The van der Waals surface area contributed by atoms with Crippen molar-refractivity contribution < 1.29 is 44.9 Å². The van der Waals surface area contributed by atoms with Crippen molar-refractivity contribution in [3.05, 3.63) is 23.8 Å². The normalized spacial score (nSPS) is 11.4. The van der Waals surface area contributed by atoms with E-state index in [4.69, 9.17) is 35.0 Å². The number of hydrogen-bond donors (Lipinski definition) is 6. The van der Waals surface area contributed by atoms with E-state index in [1.165, 1.54) is 25.3 Å². The van der Waals surface area contributed by atoms with Gasteiger partial charge in [-0.3, -0.25) is 0 Å². The molecule has 1 rings (SSSR count). The smallest absolute Gasteiger partial charge is 0.342 e. The van der Waals surface area contributed by atoms with Crippen LogP contribution in [0, 0.1) is 0 Å². The zero-order chi connectivity index (χ0) is 17.8. The van der Waals surface area contributed by atoms with E-state index in [1.807, 2.05) is 0 Å². The molecule has 0 fully saturated rings. The lowest BCUT2D eigenvalue weighted by Crippen LogP contribution is -2.22. The maximum absolute atomic E-state index is 11.5. The summed E-state index contributed by atoms with van der Waals surface area (Å²) in [5.41, 5.74) is -0.0607. The van der Waals surface area contributed by atoms with E-state index >= 15 is 0 Å². The number of carbonyl (C=O) groups excluding carboxylic acids is 1. The van der Waals surface area contributed by atoms with Crippen LogP contribution < -0.4 is 4.74 Å². The Hall–Kier alpha value is -1.91. The topological polar surface area (TPSA) is 157 Å². The van der Waals surface area contributed by atoms with Crippen molar-refractivity contribution in [1.82, 2.24) is 0 Å². The number of benzene rings is 1. The van der Waals surface area contributed by atoms with E-state index in [0.717, 1.165) is 0 Å². The van der Waals surface area contributed by atoms with Crippen LogP contribution in [0.15, 0.2) is 18.2 Å². The van der Waals surface area contributed by atoms with E-state index in [0.29, 0.717) is 0 Å². The van der Waals surface area contributed by atoms with Gasteiger partial charge in [0.05, 0.1) is 26.9 Å². The van der Waals surface area contributed by atoms with Crippen molar-refractivity contribution in [1.29, 1.82) is 0 Å². The minimum atomic E-state index is -1.13. The number of rotatable bonds is 7. The monoisotopic (exact) mass is 334 g/mol. The quantitative estimate of drug-likeness (QED) is 0.318. The number of carbonyl (C=O) groups is 1. The van der Waals surface area contributed by atoms with Crippen LogP contribution in [0.5, 0.6) is 11.5 Å². The number of aliphatic hydroxyl groups excluding tert-OH is 5. The Morgan fingerprint density at radius 3 is 2.09 bits per heavy atom. The lowest BCUT2D eigenvalue weighted by molar-refractivity contribution is 0.00910. The molecule has 0 radical (unpaired) electrons. The molecule has 0 aliphatic carbocycles. The highest BCUT2D eigenvalue weighted by Gasteiger charge is 2.17. The molecule has 0 saturated heterocycles. The Labute approximate surface area is 133 Å². The van der Waals surface area contributed by atoms with Crippen LogP contribution in [0.25, 0.3) is 0 Å². The molecule has 0 bridgehead atoms. The van der Waals surface area contributed by atoms with Gasteiger partial charge in [0.25, 0.3) is 0 Å². The van der Waals surface area contributed by atoms with E-state index < -0.39 is 24.8 Å². The second kappa shape index (κ2) is 11.6. The maximum Gasteiger partial charge on any atom is 0.342 e. The number of phenolic OH excluding ortho intramolecular Hbond substituents is 1. The number of aromatic hydroxyl groups is 1. The summed E-state index contributed by atoms with van der Waals surface area (Å²) >= 11 is 0. The standard InChI is InChI=1S/C11H14O6.C3H8O3/c1-16-9-4-2-3-8(10(9)14)11(15)17-6-7(13)5-12;4-1-3(6)2-5/h2-4,7,12-14H,5-6H2,1H3;3-6H,1-2H2. The summed E-state index contributed by atoms with van der Waals surface area (Å²) in [5.74, 6) is -0.963.